The van der Waals surface area contributed by atoms with Crippen LogP contribution in [0.3, 0.4) is 0 Å². The zero-order valence-electron chi connectivity index (χ0n) is 13.5. The van der Waals surface area contributed by atoms with Crippen LogP contribution in [-0.4, -0.2) is 54.5 Å². The molecule has 0 radical (unpaired) electrons. The Hall–Kier alpha value is -0.610. The number of nitrogens with two attached hydrogens (primary N) is 1. The van der Waals surface area contributed by atoms with E-state index in [-0.39, 0.29) is 5.41 Å². The first kappa shape index (κ1) is 15.3. The summed E-state index contributed by atoms with van der Waals surface area (Å²) in [6.07, 6.45) is 8.12. The summed E-state index contributed by atoms with van der Waals surface area (Å²) in [4.78, 5) is 17.8. The predicted molar refractivity (Wildman–Crippen MR) is 84.9 cm³/mol. The molecule has 4 nitrogen and oxygen atoms in total. The molecule has 2 aliphatic heterocycles. The van der Waals surface area contributed by atoms with Crippen molar-refractivity contribution in [3.05, 3.63) is 0 Å². The van der Waals surface area contributed by atoms with Gasteiger partial charge < -0.3 is 10.6 Å². The van der Waals surface area contributed by atoms with Gasteiger partial charge in [0.25, 0.3) is 0 Å². The summed E-state index contributed by atoms with van der Waals surface area (Å²) in [5, 5.41) is 0. The zero-order valence-corrected chi connectivity index (χ0v) is 13.5. The van der Waals surface area contributed by atoms with Crippen molar-refractivity contribution >= 4 is 5.91 Å². The lowest BCUT2D eigenvalue weighted by Gasteiger charge is -2.40. The summed E-state index contributed by atoms with van der Waals surface area (Å²) >= 11 is 0. The minimum atomic E-state index is -0.244. The van der Waals surface area contributed by atoms with E-state index >= 15 is 0 Å². The molecule has 0 aromatic carbocycles. The molecule has 3 aliphatic rings. The molecule has 0 aromatic rings. The Balaban J connectivity index is 1.62. The molecule has 1 saturated carbocycles. The summed E-state index contributed by atoms with van der Waals surface area (Å²) in [5.74, 6) is 1.12. The number of likely N-dealkylation sites (tertiary alicyclic amines) is 2. The summed E-state index contributed by atoms with van der Waals surface area (Å²) in [7, 11) is 0. The molecule has 1 unspecified atom stereocenters. The molecule has 2 saturated heterocycles. The van der Waals surface area contributed by atoms with Crippen molar-refractivity contribution < 1.29 is 4.79 Å². The Labute approximate surface area is 129 Å². The first-order valence-corrected chi connectivity index (χ1v) is 8.88. The Morgan fingerprint density at radius 3 is 2.43 bits per heavy atom. The van der Waals surface area contributed by atoms with Gasteiger partial charge in [-0.15, -0.1) is 0 Å². The van der Waals surface area contributed by atoms with E-state index in [2.05, 4.69) is 16.7 Å². The van der Waals surface area contributed by atoms with Crippen LogP contribution in [0.4, 0.5) is 0 Å². The Morgan fingerprint density at radius 2 is 1.81 bits per heavy atom. The maximum absolute atomic E-state index is 13.0. The van der Waals surface area contributed by atoms with Crippen molar-refractivity contribution in [1.82, 2.24) is 9.80 Å². The van der Waals surface area contributed by atoms with Crippen molar-refractivity contribution in [3.8, 4) is 0 Å². The molecule has 1 amide bonds. The lowest BCUT2D eigenvalue weighted by atomic mass is 9.70. The maximum Gasteiger partial charge on any atom is 0.230 e. The molecular weight excluding hydrogens is 262 g/mol. The molecule has 1 atom stereocenters. The fourth-order valence-corrected chi connectivity index (χ4v) is 4.49. The third-order valence-corrected chi connectivity index (χ3v) is 6.18. The Bertz CT molecular complexity index is 370. The van der Waals surface area contributed by atoms with Crippen LogP contribution in [0.1, 0.15) is 51.9 Å². The molecular formula is C17H31N3O. The number of nitrogens with zero attached hydrogens (tertiary/aromatic N) is 2. The summed E-state index contributed by atoms with van der Waals surface area (Å²) in [6, 6.07) is 0.605. The Kier molecular flexibility index (Phi) is 4.55. The number of amides is 1. The highest BCUT2D eigenvalue weighted by Crippen LogP contribution is 2.40. The molecule has 0 bridgehead atoms. The van der Waals surface area contributed by atoms with Crippen molar-refractivity contribution in [2.45, 2.75) is 57.9 Å². The predicted octanol–water partition coefficient (Wildman–Crippen LogP) is 1.84. The minimum absolute atomic E-state index is 0.244. The monoisotopic (exact) mass is 293 g/mol. The van der Waals surface area contributed by atoms with Crippen molar-refractivity contribution in [1.29, 1.82) is 0 Å². The van der Waals surface area contributed by atoms with E-state index in [1.54, 1.807) is 0 Å². The van der Waals surface area contributed by atoms with Crippen LogP contribution in [-0.2, 0) is 4.79 Å². The van der Waals surface area contributed by atoms with Crippen LogP contribution in [0, 0.1) is 11.3 Å². The van der Waals surface area contributed by atoms with Gasteiger partial charge in [-0.2, -0.15) is 0 Å². The molecule has 120 valence electrons. The van der Waals surface area contributed by atoms with Crippen LogP contribution in [0.15, 0.2) is 0 Å². The van der Waals surface area contributed by atoms with E-state index in [1.165, 1.54) is 25.9 Å². The number of carbonyl (C=O) groups is 1. The molecule has 3 rings (SSSR count). The van der Waals surface area contributed by atoms with Crippen LogP contribution < -0.4 is 5.73 Å². The van der Waals surface area contributed by atoms with Crippen molar-refractivity contribution in [2.24, 2.45) is 17.1 Å². The third-order valence-electron chi connectivity index (χ3n) is 6.18. The zero-order chi connectivity index (χ0) is 14.9. The minimum Gasteiger partial charge on any atom is -0.341 e. The van der Waals surface area contributed by atoms with E-state index in [0.717, 1.165) is 51.1 Å². The maximum atomic E-state index is 13.0. The van der Waals surface area contributed by atoms with E-state index in [4.69, 9.17) is 5.73 Å². The number of carbonyl (C=O) groups excluding carboxylic acids is 1. The lowest BCUT2D eigenvalue weighted by molar-refractivity contribution is -0.143. The third kappa shape index (κ3) is 2.98. The van der Waals surface area contributed by atoms with Gasteiger partial charge in [0.15, 0.2) is 0 Å². The van der Waals surface area contributed by atoms with Gasteiger partial charge in [-0.3, -0.25) is 9.69 Å². The van der Waals surface area contributed by atoms with Gasteiger partial charge in [-0.05, 0) is 64.0 Å². The van der Waals surface area contributed by atoms with Gasteiger partial charge in [-0.1, -0.05) is 6.92 Å². The van der Waals surface area contributed by atoms with Crippen LogP contribution >= 0.6 is 0 Å². The average Bonchev–Trinajstić information content (AvgIpc) is 3.19. The molecule has 0 spiro atoms. The van der Waals surface area contributed by atoms with Gasteiger partial charge in [0.05, 0.1) is 5.41 Å². The largest absolute Gasteiger partial charge is 0.341 e. The second-order valence-electron chi connectivity index (χ2n) is 7.60. The first-order chi connectivity index (χ1) is 10.1. The van der Waals surface area contributed by atoms with Crippen LogP contribution in [0.25, 0.3) is 0 Å². The van der Waals surface area contributed by atoms with Gasteiger partial charge in [0.2, 0.25) is 5.91 Å². The van der Waals surface area contributed by atoms with Crippen molar-refractivity contribution in [3.63, 3.8) is 0 Å². The fourth-order valence-electron chi connectivity index (χ4n) is 4.49. The number of rotatable bonds is 3. The molecule has 21 heavy (non-hydrogen) atoms. The molecule has 1 aliphatic carbocycles. The summed E-state index contributed by atoms with van der Waals surface area (Å²) in [6.45, 7) is 7.17. The van der Waals surface area contributed by atoms with Gasteiger partial charge in [-0.25, -0.2) is 0 Å². The summed E-state index contributed by atoms with van der Waals surface area (Å²) in [5.41, 5.74) is 5.81. The average molecular weight is 293 g/mol. The topological polar surface area (TPSA) is 49.6 Å². The Morgan fingerprint density at radius 1 is 1.14 bits per heavy atom. The van der Waals surface area contributed by atoms with E-state index in [1.807, 2.05) is 0 Å². The van der Waals surface area contributed by atoms with Gasteiger partial charge in [0.1, 0.15) is 0 Å². The lowest BCUT2D eigenvalue weighted by Crippen LogP contribution is -2.49. The number of hydrogen-bond acceptors (Lipinski definition) is 3. The van der Waals surface area contributed by atoms with E-state index < -0.39 is 0 Å². The van der Waals surface area contributed by atoms with E-state index in [9.17, 15) is 4.79 Å². The normalized spacial score (nSPS) is 38.1. The highest BCUT2D eigenvalue weighted by atomic mass is 16.2. The highest BCUT2D eigenvalue weighted by Gasteiger charge is 2.44. The highest BCUT2D eigenvalue weighted by molar-refractivity contribution is 5.83. The molecule has 0 aromatic heterocycles. The standard InChI is InChI=1S/C17H31N3O/c1-14-4-7-17(13-18,8-5-14)16(21)20-11-6-15(12-20)19-9-2-3-10-19/h14-15H,2-13,18H2,1H3. The van der Waals surface area contributed by atoms with Gasteiger partial charge >= 0.3 is 0 Å². The second kappa shape index (κ2) is 6.25. The molecule has 3 fully saturated rings. The SMILES string of the molecule is CC1CCC(CN)(C(=O)N2CCC(N3CCCC3)C2)CC1. The second-order valence-corrected chi connectivity index (χ2v) is 7.60. The first-order valence-electron chi connectivity index (χ1n) is 8.88. The van der Waals surface area contributed by atoms with Gasteiger partial charge in [0, 0.05) is 25.7 Å². The number of hydrogen-bond donors (Lipinski definition) is 1. The van der Waals surface area contributed by atoms with Crippen molar-refractivity contribution in [2.75, 3.05) is 32.7 Å². The molecule has 2 N–H and O–H groups in total. The molecule has 2 heterocycles. The fraction of sp³-hybridized carbons (Fsp3) is 0.941. The quantitative estimate of drug-likeness (QED) is 0.864. The van der Waals surface area contributed by atoms with E-state index in [0.29, 0.717) is 18.5 Å². The smallest absolute Gasteiger partial charge is 0.230 e. The summed E-state index contributed by atoms with van der Waals surface area (Å²) < 4.78 is 0. The van der Waals surface area contributed by atoms with Crippen LogP contribution in [0.5, 0.6) is 0 Å². The van der Waals surface area contributed by atoms with Crippen LogP contribution in [0.2, 0.25) is 0 Å². The molecule has 4 heteroatoms.